The van der Waals surface area contributed by atoms with E-state index in [-0.39, 0.29) is 11.4 Å². The minimum Gasteiger partial charge on any atom is -0.496 e. The molecular weight excluding hydrogens is 347 g/mol. The molecule has 0 aliphatic heterocycles. The van der Waals surface area contributed by atoms with E-state index in [2.05, 4.69) is 27.5 Å². The molecule has 0 spiro atoms. The zero-order valence-corrected chi connectivity index (χ0v) is 15.1. The maximum absolute atomic E-state index is 13.7. The number of methoxy groups -OCH3 is 1. The number of anilines is 1. The van der Waals surface area contributed by atoms with Crippen molar-refractivity contribution < 1.29 is 13.9 Å². The first kappa shape index (κ1) is 17.2. The zero-order valence-electron chi connectivity index (χ0n) is 15.1. The average molecular weight is 366 g/mol. The van der Waals surface area contributed by atoms with Crippen LogP contribution in [-0.4, -0.2) is 27.8 Å². The molecule has 0 bridgehead atoms. The van der Waals surface area contributed by atoms with Crippen molar-refractivity contribution in [3.05, 3.63) is 59.8 Å². The first-order chi connectivity index (χ1) is 13.1. The number of nitrogens with one attached hydrogen (secondary N) is 1. The zero-order chi connectivity index (χ0) is 19.0. The maximum atomic E-state index is 13.7. The molecule has 138 valence electrons. The molecule has 2 heterocycles. The summed E-state index contributed by atoms with van der Waals surface area (Å²) in [7, 11) is 3.38. The molecule has 0 radical (unpaired) electrons. The van der Waals surface area contributed by atoms with Crippen LogP contribution in [0.25, 0.3) is 11.3 Å². The number of nitrogens with zero attached hydrogens (tertiary/aromatic N) is 3. The molecule has 7 heteroatoms. The summed E-state index contributed by atoms with van der Waals surface area (Å²) >= 11 is 0. The van der Waals surface area contributed by atoms with Crippen molar-refractivity contribution in [1.29, 1.82) is 0 Å². The van der Waals surface area contributed by atoms with Crippen LogP contribution < -0.4 is 10.1 Å². The first-order valence-electron chi connectivity index (χ1n) is 8.70. The Kier molecular flexibility index (Phi) is 4.35. The fourth-order valence-corrected chi connectivity index (χ4v) is 3.09. The van der Waals surface area contributed by atoms with Gasteiger partial charge in [0.25, 0.3) is 5.91 Å². The van der Waals surface area contributed by atoms with Crippen molar-refractivity contribution in [2.24, 2.45) is 7.05 Å². The van der Waals surface area contributed by atoms with Gasteiger partial charge in [0.05, 0.1) is 24.7 Å². The highest BCUT2D eigenvalue weighted by molar-refractivity contribution is 6.03. The lowest BCUT2D eigenvalue weighted by atomic mass is 10.0. The predicted octanol–water partition coefficient (Wildman–Crippen LogP) is 3.76. The second-order valence-corrected chi connectivity index (χ2v) is 6.58. The number of carbonyl (C=O) groups excluding carboxylic acids is 1. The molecule has 0 saturated heterocycles. The minimum atomic E-state index is -0.596. The van der Waals surface area contributed by atoms with Crippen molar-refractivity contribution >= 4 is 11.6 Å². The Morgan fingerprint density at radius 1 is 1.30 bits per heavy atom. The van der Waals surface area contributed by atoms with E-state index in [0.29, 0.717) is 5.92 Å². The molecule has 2 aromatic heterocycles. The predicted molar refractivity (Wildman–Crippen MR) is 99.3 cm³/mol. The number of aryl methyl sites for hydroxylation is 1. The van der Waals surface area contributed by atoms with E-state index in [1.54, 1.807) is 24.9 Å². The van der Waals surface area contributed by atoms with E-state index in [1.807, 2.05) is 6.07 Å². The maximum Gasteiger partial charge on any atom is 0.276 e. The summed E-state index contributed by atoms with van der Waals surface area (Å²) in [4.78, 5) is 16.2. The van der Waals surface area contributed by atoms with Crippen LogP contribution in [0.4, 0.5) is 10.1 Å². The second kappa shape index (κ2) is 6.83. The standard InChI is InChI=1S/C20H19FN4O2/c1-25-18(14-9-13(12-3-4-12)5-6-19(14)27-2)10-17(24-25)20(26)23-16-7-8-22-11-15(16)21/h5-12H,3-4H2,1-2H3,(H,22,23,26). The van der Waals surface area contributed by atoms with Crippen LogP contribution in [0.2, 0.25) is 0 Å². The molecule has 4 rings (SSSR count). The van der Waals surface area contributed by atoms with Gasteiger partial charge in [-0.15, -0.1) is 0 Å². The fourth-order valence-electron chi connectivity index (χ4n) is 3.09. The highest BCUT2D eigenvalue weighted by atomic mass is 19.1. The summed E-state index contributed by atoms with van der Waals surface area (Å²) in [6.45, 7) is 0. The van der Waals surface area contributed by atoms with Gasteiger partial charge in [-0.05, 0) is 48.6 Å². The van der Waals surface area contributed by atoms with Gasteiger partial charge in [0.2, 0.25) is 0 Å². The number of amides is 1. The van der Waals surface area contributed by atoms with Gasteiger partial charge in [-0.3, -0.25) is 14.5 Å². The van der Waals surface area contributed by atoms with Gasteiger partial charge in [-0.25, -0.2) is 4.39 Å². The number of hydrogen-bond donors (Lipinski definition) is 1. The lowest BCUT2D eigenvalue weighted by Gasteiger charge is -2.10. The number of rotatable bonds is 5. The van der Waals surface area contributed by atoms with Gasteiger partial charge < -0.3 is 10.1 Å². The van der Waals surface area contributed by atoms with E-state index in [1.165, 1.54) is 30.7 Å². The van der Waals surface area contributed by atoms with E-state index in [9.17, 15) is 9.18 Å². The molecule has 0 unspecified atom stereocenters. The summed E-state index contributed by atoms with van der Waals surface area (Å²) in [5.74, 6) is 0.231. The van der Waals surface area contributed by atoms with Crippen molar-refractivity contribution in [1.82, 2.24) is 14.8 Å². The Balaban J connectivity index is 1.66. The summed E-state index contributed by atoms with van der Waals surface area (Å²) in [6.07, 6.45) is 4.86. The molecule has 1 amide bonds. The van der Waals surface area contributed by atoms with Gasteiger partial charge in [-0.1, -0.05) is 6.07 Å². The molecule has 6 nitrogen and oxygen atoms in total. The lowest BCUT2D eigenvalue weighted by Crippen LogP contribution is -2.14. The Morgan fingerprint density at radius 3 is 2.81 bits per heavy atom. The number of pyridine rings is 1. The Hall–Kier alpha value is -3.22. The Labute approximate surface area is 156 Å². The van der Waals surface area contributed by atoms with Crippen molar-refractivity contribution in [3.63, 3.8) is 0 Å². The monoisotopic (exact) mass is 366 g/mol. The van der Waals surface area contributed by atoms with Gasteiger partial charge >= 0.3 is 0 Å². The van der Waals surface area contributed by atoms with Crippen molar-refractivity contribution in [2.75, 3.05) is 12.4 Å². The van der Waals surface area contributed by atoms with Crippen LogP contribution in [0.1, 0.15) is 34.8 Å². The van der Waals surface area contributed by atoms with Crippen molar-refractivity contribution in [3.8, 4) is 17.0 Å². The quantitative estimate of drug-likeness (QED) is 0.746. The third kappa shape index (κ3) is 3.40. The fraction of sp³-hybridized carbons (Fsp3) is 0.250. The SMILES string of the molecule is COc1ccc(C2CC2)cc1-c1cc(C(=O)Nc2ccncc2F)nn1C. The number of carbonyl (C=O) groups is 1. The third-order valence-corrected chi connectivity index (χ3v) is 4.68. The molecule has 1 N–H and O–H groups in total. The highest BCUT2D eigenvalue weighted by Crippen LogP contribution is 2.43. The summed E-state index contributed by atoms with van der Waals surface area (Å²) in [5, 5.41) is 6.82. The number of halogens is 1. The molecule has 1 saturated carbocycles. The van der Waals surface area contributed by atoms with Crippen molar-refractivity contribution in [2.45, 2.75) is 18.8 Å². The van der Waals surface area contributed by atoms with Gasteiger partial charge in [0, 0.05) is 18.8 Å². The Morgan fingerprint density at radius 2 is 2.11 bits per heavy atom. The van der Waals surface area contributed by atoms with Crippen LogP contribution >= 0.6 is 0 Å². The highest BCUT2D eigenvalue weighted by Gasteiger charge is 2.25. The number of hydrogen-bond acceptors (Lipinski definition) is 4. The number of aromatic nitrogens is 3. The molecule has 1 aromatic carbocycles. The third-order valence-electron chi connectivity index (χ3n) is 4.68. The summed E-state index contributed by atoms with van der Waals surface area (Å²) < 4.78 is 20.8. The first-order valence-corrected chi connectivity index (χ1v) is 8.70. The molecule has 1 fully saturated rings. The van der Waals surface area contributed by atoms with E-state index in [4.69, 9.17) is 4.74 Å². The van der Waals surface area contributed by atoms with E-state index < -0.39 is 11.7 Å². The topological polar surface area (TPSA) is 69.0 Å². The largest absolute Gasteiger partial charge is 0.496 e. The van der Waals surface area contributed by atoms with Crippen LogP contribution in [-0.2, 0) is 7.05 Å². The smallest absolute Gasteiger partial charge is 0.276 e. The number of benzene rings is 1. The van der Waals surface area contributed by atoms with E-state index >= 15 is 0 Å². The molecule has 1 aliphatic carbocycles. The molecule has 0 atom stereocenters. The number of ether oxygens (including phenoxy) is 1. The van der Waals surface area contributed by atoms with Crippen LogP contribution in [0, 0.1) is 5.82 Å². The molecule has 3 aromatic rings. The second-order valence-electron chi connectivity index (χ2n) is 6.58. The molecule has 27 heavy (non-hydrogen) atoms. The van der Waals surface area contributed by atoms with Crippen LogP contribution in [0.15, 0.2) is 42.7 Å². The van der Waals surface area contributed by atoms with Gasteiger partial charge in [-0.2, -0.15) is 5.10 Å². The van der Waals surface area contributed by atoms with Crippen LogP contribution in [0.3, 0.4) is 0 Å². The van der Waals surface area contributed by atoms with E-state index in [0.717, 1.165) is 23.2 Å². The van der Waals surface area contributed by atoms with Crippen LogP contribution in [0.5, 0.6) is 5.75 Å². The molecule has 1 aliphatic rings. The summed E-state index contributed by atoms with van der Waals surface area (Å²) in [5.41, 5.74) is 3.16. The lowest BCUT2D eigenvalue weighted by molar-refractivity contribution is 0.102. The van der Waals surface area contributed by atoms with Gasteiger partial charge in [0.1, 0.15) is 5.75 Å². The average Bonchev–Trinajstić information content (AvgIpc) is 3.45. The molecular formula is C20H19FN4O2. The minimum absolute atomic E-state index is 0.0653. The normalized spacial score (nSPS) is 13.4. The van der Waals surface area contributed by atoms with Gasteiger partial charge in [0.15, 0.2) is 11.5 Å². The Bertz CT molecular complexity index is 1010. The summed E-state index contributed by atoms with van der Waals surface area (Å²) in [6, 6.07) is 9.21.